The lowest BCUT2D eigenvalue weighted by atomic mass is 10.0. The summed E-state index contributed by atoms with van der Waals surface area (Å²) in [4.78, 5) is 13.5. The number of hydrogen-bond donors (Lipinski definition) is 2. The zero-order valence-electron chi connectivity index (χ0n) is 12.1. The smallest absolute Gasteiger partial charge is 0.346 e. The van der Waals surface area contributed by atoms with Crippen molar-refractivity contribution in [2.24, 2.45) is 0 Å². The fraction of sp³-hybridized carbons (Fsp3) is 0.923. The number of piperidine rings is 1. The molecule has 1 aliphatic rings. The molecule has 2 N–H and O–H groups in total. The Morgan fingerprint density at radius 3 is 2.65 bits per heavy atom. The van der Waals surface area contributed by atoms with Crippen molar-refractivity contribution in [3.05, 3.63) is 0 Å². The van der Waals surface area contributed by atoms with Gasteiger partial charge < -0.3 is 10.6 Å². The molecule has 1 unspecified atom stereocenters. The van der Waals surface area contributed by atoms with E-state index in [0.29, 0.717) is 6.04 Å². The van der Waals surface area contributed by atoms with E-state index < -0.39 is 18.6 Å². The van der Waals surface area contributed by atoms with E-state index in [-0.39, 0.29) is 12.6 Å². The molecule has 0 aromatic carbocycles. The first-order chi connectivity index (χ1) is 9.28. The molecular weight excluding hydrogens is 271 g/mol. The molecule has 0 aromatic heterocycles. The highest BCUT2D eigenvalue weighted by molar-refractivity contribution is 5.78. The van der Waals surface area contributed by atoms with Crippen molar-refractivity contribution in [1.82, 2.24) is 15.5 Å². The van der Waals surface area contributed by atoms with Gasteiger partial charge in [0.2, 0.25) is 5.91 Å². The predicted molar refractivity (Wildman–Crippen MR) is 71.4 cm³/mol. The van der Waals surface area contributed by atoms with Crippen molar-refractivity contribution in [2.45, 2.75) is 51.4 Å². The number of nitrogens with zero attached hydrogens (tertiary/aromatic N) is 1. The van der Waals surface area contributed by atoms with Crippen molar-refractivity contribution >= 4 is 5.91 Å². The van der Waals surface area contributed by atoms with Gasteiger partial charge in [-0.1, -0.05) is 20.3 Å². The summed E-state index contributed by atoms with van der Waals surface area (Å²) in [5.41, 5.74) is 0. The minimum absolute atomic E-state index is 0.0422. The van der Waals surface area contributed by atoms with E-state index in [1.807, 2.05) is 24.1 Å². The molecule has 1 fully saturated rings. The predicted octanol–water partition coefficient (Wildman–Crippen LogP) is 1.52. The van der Waals surface area contributed by atoms with Gasteiger partial charge in [-0.05, 0) is 19.4 Å². The fourth-order valence-electron chi connectivity index (χ4n) is 2.31. The molecule has 118 valence electrons. The maximum atomic E-state index is 12.0. The molecule has 0 bridgehead atoms. The van der Waals surface area contributed by atoms with Crippen LogP contribution < -0.4 is 10.6 Å². The van der Waals surface area contributed by atoms with Gasteiger partial charge in [0.25, 0.3) is 0 Å². The first kappa shape index (κ1) is 17.2. The largest absolute Gasteiger partial charge is 0.405 e. The lowest BCUT2D eigenvalue weighted by Gasteiger charge is -2.35. The second kappa shape index (κ2) is 7.83. The molecule has 4 nitrogen and oxygen atoms in total. The number of rotatable bonds is 6. The van der Waals surface area contributed by atoms with Gasteiger partial charge in [-0.2, -0.15) is 13.2 Å². The number of hydrogen-bond acceptors (Lipinski definition) is 3. The first-order valence-corrected chi connectivity index (χ1v) is 7.09. The summed E-state index contributed by atoms with van der Waals surface area (Å²) in [5.74, 6) is -0.557. The monoisotopic (exact) mass is 295 g/mol. The van der Waals surface area contributed by atoms with Crippen LogP contribution in [-0.2, 0) is 4.79 Å². The normalized spacial score (nSPS) is 21.2. The number of carbonyl (C=O) groups is 1. The van der Waals surface area contributed by atoms with E-state index in [9.17, 15) is 18.0 Å². The lowest BCUT2D eigenvalue weighted by Crippen LogP contribution is -2.50. The average molecular weight is 295 g/mol. The number of likely N-dealkylation sites (tertiary alicyclic amines) is 1. The number of nitrogens with one attached hydrogen (secondary N) is 2. The van der Waals surface area contributed by atoms with Crippen LogP contribution >= 0.6 is 0 Å². The van der Waals surface area contributed by atoms with Crippen LogP contribution in [0.3, 0.4) is 0 Å². The van der Waals surface area contributed by atoms with Crippen molar-refractivity contribution in [1.29, 1.82) is 0 Å². The molecule has 1 saturated heterocycles. The Hall–Kier alpha value is -0.820. The molecule has 0 aromatic rings. The minimum atomic E-state index is -4.35. The Balaban J connectivity index is 2.39. The van der Waals surface area contributed by atoms with Crippen LogP contribution in [0.15, 0.2) is 0 Å². The summed E-state index contributed by atoms with van der Waals surface area (Å²) < 4.78 is 36.1. The molecular formula is C13H24F3N3O. The van der Waals surface area contributed by atoms with Gasteiger partial charge in [-0.15, -0.1) is 0 Å². The maximum Gasteiger partial charge on any atom is 0.405 e. The Labute approximate surface area is 118 Å². The summed E-state index contributed by atoms with van der Waals surface area (Å²) >= 11 is 0. The zero-order valence-corrected chi connectivity index (χ0v) is 12.1. The van der Waals surface area contributed by atoms with E-state index in [1.165, 1.54) is 0 Å². The maximum absolute atomic E-state index is 12.0. The van der Waals surface area contributed by atoms with Crippen LogP contribution in [0.4, 0.5) is 13.2 Å². The van der Waals surface area contributed by atoms with Crippen LogP contribution in [0.25, 0.3) is 0 Å². The Morgan fingerprint density at radius 1 is 1.35 bits per heavy atom. The third-order valence-electron chi connectivity index (χ3n) is 3.34. The van der Waals surface area contributed by atoms with Crippen LogP contribution in [0, 0.1) is 0 Å². The van der Waals surface area contributed by atoms with Crippen molar-refractivity contribution in [3.63, 3.8) is 0 Å². The van der Waals surface area contributed by atoms with Gasteiger partial charge in [0, 0.05) is 18.6 Å². The highest BCUT2D eigenvalue weighted by Gasteiger charge is 2.29. The van der Waals surface area contributed by atoms with Crippen molar-refractivity contribution in [3.8, 4) is 0 Å². The standard InChI is InChI=1S/C13H24F3N3O/c1-10(2)17-7-11-5-3-4-6-19(11)8-12(20)18-9-13(14,15)16/h10-11,17H,3-9H2,1-2H3,(H,18,20). The van der Waals surface area contributed by atoms with E-state index in [1.54, 1.807) is 0 Å². The van der Waals surface area contributed by atoms with Gasteiger partial charge in [0.15, 0.2) is 0 Å². The molecule has 0 spiro atoms. The van der Waals surface area contributed by atoms with Gasteiger partial charge in [0.05, 0.1) is 6.54 Å². The van der Waals surface area contributed by atoms with Gasteiger partial charge in [0.1, 0.15) is 6.54 Å². The molecule has 1 rings (SSSR count). The molecule has 1 amide bonds. The van der Waals surface area contributed by atoms with E-state index in [2.05, 4.69) is 5.32 Å². The molecule has 7 heteroatoms. The number of amides is 1. The summed E-state index contributed by atoms with van der Waals surface area (Å²) in [6.07, 6.45) is -1.28. The third-order valence-corrected chi connectivity index (χ3v) is 3.34. The van der Waals surface area contributed by atoms with Crippen molar-refractivity contribution < 1.29 is 18.0 Å². The Bertz CT molecular complexity index is 308. The first-order valence-electron chi connectivity index (χ1n) is 7.09. The van der Waals surface area contributed by atoms with Gasteiger partial charge >= 0.3 is 6.18 Å². The molecule has 1 atom stereocenters. The molecule has 20 heavy (non-hydrogen) atoms. The molecule has 1 aliphatic heterocycles. The van der Waals surface area contributed by atoms with Crippen molar-refractivity contribution in [2.75, 3.05) is 26.2 Å². The minimum Gasteiger partial charge on any atom is -0.346 e. The Morgan fingerprint density at radius 2 is 2.05 bits per heavy atom. The number of carbonyl (C=O) groups excluding carboxylic acids is 1. The third kappa shape index (κ3) is 7.09. The fourth-order valence-corrected chi connectivity index (χ4v) is 2.31. The number of halogens is 3. The zero-order chi connectivity index (χ0) is 15.2. The van der Waals surface area contributed by atoms with E-state index >= 15 is 0 Å². The summed E-state index contributed by atoms with van der Waals surface area (Å²) in [7, 11) is 0. The SMILES string of the molecule is CC(C)NCC1CCCCN1CC(=O)NCC(F)(F)F. The second-order valence-electron chi connectivity index (χ2n) is 5.57. The lowest BCUT2D eigenvalue weighted by molar-refractivity contribution is -0.139. The van der Waals surface area contributed by atoms with Gasteiger partial charge in [-0.3, -0.25) is 9.69 Å². The second-order valence-corrected chi connectivity index (χ2v) is 5.57. The highest BCUT2D eigenvalue weighted by Crippen LogP contribution is 2.16. The molecule has 1 heterocycles. The average Bonchev–Trinajstić information content (AvgIpc) is 2.34. The topological polar surface area (TPSA) is 44.4 Å². The Kier molecular flexibility index (Phi) is 6.75. The van der Waals surface area contributed by atoms with Crippen LogP contribution in [0.2, 0.25) is 0 Å². The highest BCUT2D eigenvalue weighted by atomic mass is 19.4. The van der Waals surface area contributed by atoms with Crippen LogP contribution in [-0.4, -0.2) is 55.2 Å². The van der Waals surface area contributed by atoms with Crippen LogP contribution in [0.5, 0.6) is 0 Å². The summed E-state index contributed by atoms with van der Waals surface area (Å²) in [5, 5.41) is 5.25. The van der Waals surface area contributed by atoms with Crippen LogP contribution in [0.1, 0.15) is 33.1 Å². The van der Waals surface area contributed by atoms with E-state index in [0.717, 1.165) is 32.4 Å². The summed E-state index contributed by atoms with van der Waals surface area (Å²) in [6, 6.07) is 0.584. The quantitative estimate of drug-likeness (QED) is 0.781. The molecule has 0 radical (unpaired) electrons. The van der Waals surface area contributed by atoms with E-state index in [4.69, 9.17) is 0 Å². The number of alkyl halides is 3. The summed E-state index contributed by atoms with van der Waals surface area (Å²) in [6.45, 7) is 4.41. The molecule has 0 aliphatic carbocycles. The molecule has 0 saturated carbocycles. The van der Waals surface area contributed by atoms with Gasteiger partial charge in [-0.25, -0.2) is 0 Å².